The zero-order chi connectivity index (χ0) is 13.3. The standard InChI is InChI=1S/C15H18O2/c1-5-13(9-8-12(4)16)14(6-2)10-11-15(17)7-3/h5-11,16-17H,1-3H2,4H3/b12-8+,13-9+,14-10+,15-11+. The van der Waals surface area contributed by atoms with Crippen LogP contribution in [0.3, 0.4) is 0 Å². The van der Waals surface area contributed by atoms with Gasteiger partial charge in [-0.15, -0.1) is 0 Å². The van der Waals surface area contributed by atoms with Gasteiger partial charge in [-0.1, -0.05) is 44.0 Å². The molecule has 0 spiro atoms. The van der Waals surface area contributed by atoms with Crippen molar-refractivity contribution in [1.29, 1.82) is 0 Å². The van der Waals surface area contributed by atoms with E-state index in [0.717, 1.165) is 11.1 Å². The average molecular weight is 230 g/mol. The molecular formula is C15H18O2. The Bertz CT molecular complexity index is 414. The first kappa shape index (κ1) is 14.8. The summed E-state index contributed by atoms with van der Waals surface area (Å²) >= 11 is 0. The van der Waals surface area contributed by atoms with Crippen molar-refractivity contribution in [2.24, 2.45) is 0 Å². The fourth-order valence-corrected chi connectivity index (χ4v) is 1.02. The van der Waals surface area contributed by atoms with Crippen LogP contribution in [0.4, 0.5) is 0 Å². The highest BCUT2D eigenvalue weighted by Crippen LogP contribution is 2.13. The molecule has 0 rings (SSSR count). The van der Waals surface area contributed by atoms with E-state index in [2.05, 4.69) is 19.7 Å². The first-order chi connectivity index (χ1) is 8.04. The lowest BCUT2D eigenvalue weighted by Crippen LogP contribution is -1.83. The van der Waals surface area contributed by atoms with Gasteiger partial charge in [0.05, 0.1) is 5.76 Å². The van der Waals surface area contributed by atoms with E-state index in [1.54, 1.807) is 37.3 Å². The molecule has 0 aromatic heterocycles. The third kappa shape index (κ3) is 6.05. The summed E-state index contributed by atoms with van der Waals surface area (Å²) in [6.07, 6.45) is 11.1. The Hall–Kier alpha value is -2.22. The first-order valence-corrected chi connectivity index (χ1v) is 5.11. The van der Waals surface area contributed by atoms with E-state index in [1.165, 1.54) is 12.2 Å². The van der Waals surface area contributed by atoms with E-state index >= 15 is 0 Å². The van der Waals surface area contributed by atoms with Crippen LogP contribution in [-0.4, -0.2) is 10.2 Å². The molecule has 0 radical (unpaired) electrons. The van der Waals surface area contributed by atoms with Crippen LogP contribution in [0.2, 0.25) is 0 Å². The lowest BCUT2D eigenvalue weighted by molar-refractivity contribution is 0.414. The molecule has 0 heterocycles. The Balaban J connectivity index is 5.28. The summed E-state index contributed by atoms with van der Waals surface area (Å²) < 4.78 is 0. The molecule has 0 unspecified atom stereocenters. The highest BCUT2D eigenvalue weighted by Gasteiger charge is 1.95. The van der Waals surface area contributed by atoms with Crippen LogP contribution in [0.15, 0.2) is 84.9 Å². The van der Waals surface area contributed by atoms with Gasteiger partial charge in [0.15, 0.2) is 0 Å². The quantitative estimate of drug-likeness (QED) is 0.527. The van der Waals surface area contributed by atoms with Gasteiger partial charge in [-0.3, -0.25) is 0 Å². The van der Waals surface area contributed by atoms with Crippen LogP contribution < -0.4 is 0 Å². The van der Waals surface area contributed by atoms with Crippen LogP contribution in [0.1, 0.15) is 6.92 Å². The second-order valence-electron chi connectivity index (χ2n) is 3.26. The molecule has 0 bridgehead atoms. The smallest absolute Gasteiger partial charge is 0.115 e. The number of rotatable bonds is 6. The van der Waals surface area contributed by atoms with Gasteiger partial charge >= 0.3 is 0 Å². The van der Waals surface area contributed by atoms with Crippen LogP contribution in [-0.2, 0) is 0 Å². The van der Waals surface area contributed by atoms with Crippen molar-refractivity contribution in [3.63, 3.8) is 0 Å². The largest absolute Gasteiger partial charge is 0.513 e. The molecule has 17 heavy (non-hydrogen) atoms. The van der Waals surface area contributed by atoms with Crippen molar-refractivity contribution >= 4 is 0 Å². The van der Waals surface area contributed by atoms with Crippen molar-refractivity contribution in [1.82, 2.24) is 0 Å². The molecule has 0 aromatic rings. The van der Waals surface area contributed by atoms with E-state index in [9.17, 15) is 5.11 Å². The minimum Gasteiger partial charge on any atom is -0.513 e. The molecule has 2 nitrogen and oxygen atoms in total. The van der Waals surface area contributed by atoms with E-state index < -0.39 is 0 Å². The lowest BCUT2D eigenvalue weighted by atomic mass is 10.0. The SMILES string of the molecule is C=C\C(O)=C/C=C(C=C)/C(C=C)=C/C=C(\C)O. The van der Waals surface area contributed by atoms with E-state index in [4.69, 9.17) is 5.11 Å². The summed E-state index contributed by atoms with van der Waals surface area (Å²) in [6.45, 7) is 12.4. The fraction of sp³-hybridized carbons (Fsp3) is 0.0667. The molecule has 0 aliphatic carbocycles. The Morgan fingerprint density at radius 2 is 1.24 bits per heavy atom. The molecule has 2 N–H and O–H groups in total. The summed E-state index contributed by atoms with van der Waals surface area (Å²) in [5, 5.41) is 18.3. The Morgan fingerprint density at radius 1 is 0.765 bits per heavy atom. The average Bonchev–Trinajstić information content (AvgIpc) is 2.32. The minimum atomic E-state index is 0.0710. The maximum atomic E-state index is 9.24. The van der Waals surface area contributed by atoms with Gasteiger partial charge in [0, 0.05) is 0 Å². The molecule has 0 saturated carbocycles. The van der Waals surface area contributed by atoms with Crippen molar-refractivity contribution in [3.05, 3.63) is 84.9 Å². The zero-order valence-electron chi connectivity index (χ0n) is 10.1. The summed E-state index contributed by atoms with van der Waals surface area (Å²) in [5.41, 5.74) is 1.58. The van der Waals surface area contributed by atoms with Crippen LogP contribution >= 0.6 is 0 Å². The number of aliphatic hydroxyl groups excluding tert-OH is 2. The van der Waals surface area contributed by atoms with Crippen molar-refractivity contribution < 1.29 is 10.2 Å². The molecule has 0 fully saturated rings. The van der Waals surface area contributed by atoms with Crippen molar-refractivity contribution in [2.45, 2.75) is 6.92 Å². The maximum absolute atomic E-state index is 9.24. The number of hydrogen-bond donors (Lipinski definition) is 2. The molecule has 2 heteroatoms. The summed E-state index contributed by atoms with van der Waals surface area (Å²) in [6, 6.07) is 0. The monoisotopic (exact) mass is 230 g/mol. The second kappa shape index (κ2) is 7.99. The highest BCUT2D eigenvalue weighted by atomic mass is 16.3. The second-order valence-corrected chi connectivity index (χ2v) is 3.26. The van der Waals surface area contributed by atoms with Gasteiger partial charge in [-0.2, -0.15) is 0 Å². The molecule has 0 atom stereocenters. The van der Waals surface area contributed by atoms with Crippen LogP contribution in [0.5, 0.6) is 0 Å². The minimum absolute atomic E-state index is 0.0710. The van der Waals surface area contributed by atoms with Crippen LogP contribution in [0, 0.1) is 0 Å². The number of hydrogen-bond acceptors (Lipinski definition) is 2. The molecule has 0 aromatic carbocycles. The molecule has 90 valence electrons. The molecule has 0 amide bonds. The Labute approximate surface area is 103 Å². The van der Waals surface area contributed by atoms with Crippen molar-refractivity contribution in [2.75, 3.05) is 0 Å². The highest BCUT2D eigenvalue weighted by molar-refractivity contribution is 5.48. The van der Waals surface area contributed by atoms with Gasteiger partial charge < -0.3 is 10.2 Å². The Kier molecular flexibility index (Phi) is 6.95. The zero-order valence-corrected chi connectivity index (χ0v) is 10.1. The summed E-state index contributed by atoms with van der Waals surface area (Å²) in [7, 11) is 0. The third-order valence-corrected chi connectivity index (χ3v) is 1.92. The number of aliphatic hydroxyl groups is 2. The molecule has 0 aliphatic heterocycles. The fourth-order valence-electron chi connectivity index (χ4n) is 1.02. The maximum Gasteiger partial charge on any atom is 0.115 e. The predicted octanol–water partition coefficient (Wildman–Crippen LogP) is 4.30. The number of allylic oxidation sites excluding steroid dienone is 10. The molecule has 0 aliphatic rings. The van der Waals surface area contributed by atoms with Gasteiger partial charge in [-0.05, 0) is 36.3 Å². The summed E-state index contributed by atoms with van der Waals surface area (Å²) in [4.78, 5) is 0. The lowest BCUT2D eigenvalue weighted by Gasteiger charge is -2.01. The van der Waals surface area contributed by atoms with Gasteiger partial charge in [0.1, 0.15) is 5.76 Å². The van der Waals surface area contributed by atoms with Gasteiger partial charge in [0.2, 0.25) is 0 Å². The van der Waals surface area contributed by atoms with Crippen molar-refractivity contribution in [3.8, 4) is 0 Å². The van der Waals surface area contributed by atoms with E-state index in [0.29, 0.717) is 0 Å². The first-order valence-electron chi connectivity index (χ1n) is 5.11. The molecular weight excluding hydrogens is 212 g/mol. The normalized spacial score (nSPS) is 14.4. The summed E-state index contributed by atoms with van der Waals surface area (Å²) in [5.74, 6) is 0.277. The van der Waals surface area contributed by atoms with Gasteiger partial charge in [0.25, 0.3) is 0 Å². The van der Waals surface area contributed by atoms with Crippen LogP contribution in [0.25, 0.3) is 0 Å². The topological polar surface area (TPSA) is 40.5 Å². The molecule has 0 saturated heterocycles. The van der Waals surface area contributed by atoms with E-state index in [-0.39, 0.29) is 11.5 Å². The predicted molar refractivity (Wildman–Crippen MR) is 73.9 cm³/mol. The Morgan fingerprint density at radius 3 is 1.59 bits per heavy atom. The third-order valence-electron chi connectivity index (χ3n) is 1.92. The van der Waals surface area contributed by atoms with E-state index in [1.807, 2.05) is 0 Å². The van der Waals surface area contributed by atoms with Gasteiger partial charge in [-0.25, -0.2) is 0 Å².